The first-order valence-electron chi connectivity index (χ1n) is 4.47. The van der Waals surface area contributed by atoms with Crippen molar-refractivity contribution in [2.45, 2.75) is 25.4 Å². The van der Waals surface area contributed by atoms with Gasteiger partial charge in [-0.25, -0.2) is 8.42 Å². The standard InChI is InChI=1S/C8H14O3S/c9-8-6-2-1-3-7(8)5-12(10,11)4-6/h6-9H,1-5H2. The summed E-state index contributed by atoms with van der Waals surface area (Å²) in [5, 5.41) is 9.66. The highest BCUT2D eigenvalue weighted by molar-refractivity contribution is 7.91. The smallest absolute Gasteiger partial charge is 0.151 e. The summed E-state index contributed by atoms with van der Waals surface area (Å²) in [5.74, 6) is 0.486. The molecule has 0 amide bonds. The fourth-order valence-electron chi connectivity index (χ4n) is 2.45. The normalized spacial score (nSPS) is 45.6. The monoisotopic (exact) mass is 190 g/mol. The third kappa shape index (κ3) is 1.38. The third-order valence-corrected chi connectivity index (χ3v) is 4.92. The van der Waals surface area contributed by atoms with Crippen molar-refractivity contribution < 1.29 is 13.5 Å². The summed E-state index contributed by atoms with van der Waals surface area (Å²) in [4.78, 5) is 0. The molecule has 0 aromatic carbocycles. The molecule has 1 aliphatic heterocycles. The van der Waals surface area contributed by atoms with Gasteiger partial charge in [0.1, 0.15) is 0 Å². The SMILES string of the molecule is O=S1(=O)CC2CCCC(C1)C2O. The Labute approximate surface area is 72.7 Å². The Balaban J connectivity index is 2.23. The number of hydrogen-bond donors (Lipinski definition) is 1. The number of aliphatic hydroxyl groups excluding tert-OH is 1. The van der Waals surface area contributed by atoms with Crippen LogP contribution in [0.5, 0.6) is 0 Å². The van der Waals surface area contributed by atoms with E-state index in [-0.39, 0.29) is 29.4 Å². The molecule has 2 atom stereocenters. The lowest BCUT2D eigenvalue weighted by molar-refractivity contribution is 0.0300. The molecule has 70 valence electrons. The van der Waals surface area contributed by atoms with E-state index < -0.39 is 9.84 Å². The molecule has 0 radical (unpaired) electrons. The molecular weight excluding hydrogens is 176 g/mol. The van der Waals surface area contributed by atoms with E-state index in [0.29, 0.717) is 0 Å². The number of sulfone groups is 1. The first-order chi connectivity index (χ1) is 5.58. The summed E-state index contributed by atoms with van der Waals surface area (Å²) in [6.45, 7) is 0. The van der Waals surface area contributed by atoms with E-state index in [4.69, 9.17) is 0 Å². The Morgan fingerprint density at radius 1 is 1.08 bits per heavy atom. The van der Waals surface area contributed by atoms with E-state index in [9.17, 15) is 13.5 Å². The summed E-state index contributed by atoms with van der Waals surface area (Å²) in [6.07, 6.45) is 2.51. The van der Waals surface area contributed by atoms with Crippen LogP contribution in [0.3, 0.4) is 0 Å². The second kappa shape index (κ2) is 2.70. The van der Waals surface area contributed by atoms with Crippen molar-refractivity contribution in [2.24, 2.45) is 11.8 Å². The zero-order valence-corrected chi connectivity index (χ0v) is 7.76. The lowest BCUT2D eigenvalue weighted by Crippen LogP contribution is -2.46. The Morgan fingerprint density at radius 2 is 1.58 bits per heavy atom. The van der Waals surface area contributed by atoms with E-state index in [0.717, 1.165) is 19.3 Å². The molecule has 1 heterocycles. The topological polar surface area (TPSA) is 54.4 Å². The first kappa shape index (κ1) is 8.51. The molecule has 1 saturated carbocycles. The maximum atomic E-state index is 11.3. The van der Waals surface area contributed by atoms with Gasteiger partial charge in [-0.15, -0.1) is 0 Å². The second-order valence-electron chi connectivity index (χ2n) is 4.02. The average Bonchev–Trinajstić information content (AvgIpc) is 1.92. The number of hydrogen-bond acceptors (Lipinski definition) is 3. The van der Waals surface area contributed by atoms with Crippen molar-refractivity contribution in [2.75, 3.05) is 11.5 Å². The Bertz CT molecular complexity index is 250. The van der Waals surface area contributed by atoms with E-state index >= 15 is 0 Å². The van der Waals surface area contributed by atoms with E-state index in [1.54, 1.807) is 0 Å². The zero-order valence-electron chi connectivity index (χ0n) is 6.94. The van der Waals surface area contributed by atoms with Crippen LogP contribution in [0.4, 0.5) is 0 Å². The van der Waals surface area contributed by atoms with Crippen molar-refractivity contribution in [3.8, 4) is 0 Å². The van der Waals surface area contributed by atoms with Crippen LogP contribution in [-0.4, -0.2) is 31.1 Å². The van der Waals surface area contributed by atoms with Crippen LogP contribution < -0.4 is 0 Å². The quantitative estimate of drug-likeness (QED) is 0.593. The minimum Gasteiger partial charge on any atom is -0.392 e. The van der Waals surface area contributed by atoms with Gasteiger partial charge in [-0.1, -0.05) is 6.42 Å². The minimum absolute atomic E-state index is 0.0301. The molecule has 0 aromatic heterocycles. The zero-order chi connectivity index (χ0) is 8.77. The number of fused-ring (bicyclic) bond motifs is 2. The van der Waals surface area contributed by atoms with Gasteiger partial charge in [0, 0.05) is 0 Å². The summed E-state index contributed by atoms with van der Waals surface area (Å²) in [7, 11) is -2.83. The van der Waals surface area contributed by atoms with E-state index in [2.05, 4.69) is 0 Å². The van der Waals surface area contributed by atoms with Crippen LogP contribution in [0.15, 0.2) is 0 Å². The molecule has 2 bridgehead atoms. The lowest BCUT2D eigenvalue weighted by atomic mass is 9.80. The summed E-state index contributed by atoms with van der Waals surface area (Å²) < 4.78 is 22.6. The molecule has 1 saturated heterocycles. The van der Waals surface area contributed by atoms with Gasteiger partial charge in [-0.2, -0.15) is 0 Å². The van der Waals surface area contributed by atoms with Crippen molar-refractivity contribution in [3.63, 3.8) is 0 Å². The van der Waals surface area contributed by atoms with Crippen LogP contribution in [0.1, 0.15) is 19.3 Å². The van der Waals surface area contributed by atoms with Crippen molar-refractivity contribution in [3.05, 3.63) is 0 Å². The number of aliphatic hydroxyl groups is 1. The molecular formula is C8H14O3S. The summed E-state index contributed by atoms with van der Waals surface area (Å²) >= 11 is 0. The van der Waals surface area contributed by atoms with Gasteiger partial charge in [0.15, 0.2) is 9.84 Å². The summed E-state index contributed by atoms with van der Waals surface area (Å²) in [6, 6.07) is 0. The Morgan fingerprint density at radius 3 is 2.08 bits per heavy atom. The van der Waals surface area contributed by atoms with Crippen LogP contribution in [-0.2, 0) is 9.84 Å². The van der Waals surface area contributed by atoms with Gasteiger partial charge in [0.2, 0.25) is 0 Å². The van der Waals surface area contributed by atoms with Gasteiger partial charge in [-0.3, -0.25) is 0 Å². The van der Waals surface area contributed by atoms with Gasteiger partial charge in [-0.05, 0) is 24.7 Å². The highest BCUT2D eigenvalue weighted by Crippen LogP contribution is 2.35. The predicted molar refractivity (Wildman–Crippen MR) is 45.5 cm³/mol. The van der Waals surface area contributed by atoms with Crippen LogP contribution in [0.25, 0.3) is 0 Å². The fourth-order valence-corrected chi connectivity index (χ4v) is 4.62. The molecule has 12 heavy (non-hydrogen) atoms. The van der Waals surface area contributed by atoms with Crippen LogP contribution >= 0.6 is 0 Å². The highest BCUT2D eigenvalue weighted by Gasteiger charge is 2.41. The predicted octanol–water partition coefficient (Wildman–Crippen LogP) is 0.192. The maximum absolute atomic E-state index is 11.3. The molecule has 3 nitrogen and oxygen atoms in total. The molecule has 2 rings (SSSR count). The van der Waals surface area contributed by atoms with Gasteiger partial charge < -0.3 is 5.11 Å². The van der Waals surface area contributed by atoms with Crippen molar-refractivity contribution in [1.82, 2.24) is 0 Å². The molecule has 4 heteroatoms. The molecule has 0 spiro atoms. The molecule has 1 N–H and O–H groups in total. The van der Waals surface area contributed by atoms with Crippen molar-refractivity contribution in [1.29, 1.82) is 0 Å². The minimum atomic E-state index is -2.83. The van der Waals surface area contributed by atoms with E-state index in [1.807, 2.05) is 0 Å². The van der Waals surface area contributed by atoms with Crippen molar-refractivity contribution >= 4 is 9.84 Å². The molecule has 0 aromatic rings. The summed E-state index contributed by atoms with van der Waals surface area (Å²) in [5.41, 5.74) is 0. The lowest BCUT2D eigenvalue weighted by Gasteiger charge is -2.38. The van der Waals surface area contributed by atoms with Crippen LogP contribution in [0.2, 0.25) is 0 Å². The van der Waals surface area contributed by atoms with E-state index in [1.165, 1.54) is 0 Å². The van der Waals surface area contributed by atoms with Gasteiger partial charge >= 0.3 is 0 Å². The highest BCUT2D eigenvalue weighted by atomic mass is 32.2. The molecule has 2 unspecified atom stereocenters. The van der Waals surface area contributed by atoms with Gasteiger partial charge in [0.25, 0.3) is 0 Å². The maximum Gasteiger partial charge on any atom is 0.151 e. The largest absolute Gasteiger partial charge is 0.392 e. The average molecular weight is 190 g/mol. The first-order valence-corrected chi connectivity index (χ1v) is 6.29. The fraction of sp³-hybridized carbons (Fsp3) is 1.00. The molecule has 1 aliphatic carbocycles. The van der Waals surface area contributed by atoms with Gasteiger partial charge in [0.05, 0.1) is 17.6 Å². The van der Waals surface area contributed by atoms with Crippen LogP contribution in [0, 0.1) is 11.8 Å². The third-order valence-electron chi connectivity index (χ3n) is 3.05. The molecule has 2 fully saturated rings. The Hall–Kier alpha value is -0.0900. The second-order valence-corrected chi connectivity index (χ2v) is 6.17. The Kier molecular flexibility index (Phi) is 1.92. The number of rotatable bonds is 0. The molecule has 2 aliphatic rings.